The van der Waals surface area contributed by atoms with Crippen LogP contribution < -0.4 is 15.8 Å². The predicted octanol–water partition coefficient (Wildman–Crippen LogP) is 4.35. The molecule has 0 bridgehead atoms. The van der Waals surface area contributed by atoms with Crippen LogP contribution in [-0.4, -0.2) is 12.6 Å². The fourth-order valence-electron chi connectivity index (χ4n) is 2.13. The smallest absolute Gasteiger partial charge is 0.120 e. The Kier molecular flexibility index (Phi) is 5.65. The number of nitrogens with one attached hydrogen (secondary N) is 1. The third-order valence-electron chi connectivity index (χ3n) is 3.03. The number of ether oxygens (including phenoxy) is 1. The van der Waals surface area contributed by atoms with Crippen molar-refractivity contribution in [3.63, 3.8) is 0 Å². The number of nitrogens with two attached hydrogens (primary N) is 1. The van der Waals surface area contributed by atoms with E-state index >= 15 is 0 Å². The zero-order valence-corrected chi connectivity index (χ0v) is 13.9. The van der Waals surface area contributed by atoms with Gasteiger partial charge in [-0.2, -0.15) is 0 Å². The Morgan fingerprint density at radius 3 is 2.57 bits per heavy atom. The van der Waals surface area contributed by atoms with Crippen LogP contribution in [0, 0.1) is 0 Å². The minimum Gasteiger partial charge on any atom is -0.491 e. The van der Waals surface area contributed by atoms with Crippen molar-refractivity contribution < 1.29 is 4.74 Å². The van der Waals surface area contributed by atoms with E-state index in [1.54, 1.807) is 0 Å². The molecule has 0 aliphatic carbocycles. The molecule has 0 aromatic heterocycles. The Hall–Kier alpha value is -1.52. The Morgan fingerprint density at radius 1 is 1.14 bits per heavy atom. The summed E-state index contributed by atoms with van der Waals surface area (Å²) in [5, 5.41) is 3.46. The van der Waals surface area contributed by atoms with Crippen molar-refractivity contribution in [1.82, 2.24) is 0 Å². The van der Waals surface area contributed by atoms with Crippen molar-refractivity contribution in [3.8, 4) is 5.75 Å². The third-order valence-corrected chi connectivity index (χ3v) is 3.53. The maximum absolute atomic E-state index is 5.93. The first-order chi connectivity index (χ1) is 10.1. The molecule has 112 valence electrons. The molecular formula is C17H21BrN2O. The summed E-state index contributed by atoms with van der Waals surface area (Å²) in [6.07, 6.45) is 0.162. The van der Waals surface area contributed by atoms with Gasteiger partial charge in [-0.15, -0.1) is 0 Å². The topological polar surface area (TPSA) is 47.3 Å². The maximum Gasteiger partial charge on any atom is 0.120 e. The lowest BCUT2D eigenvalue weighted by atomic mass is 10.1. The van der Waals surface area contributed by atoms with E-state index < -0.39 is 0 Å². The first-order valence-corrected chi connectivity index (χ1v) is 7.86. The normalized spacial score (nSPS) is 12.2. The summed E-state index contributed by atoms with van der Waals surface area (Å²) in [6.45, 7) is 4.55. The van der Waals surface area contributed by atoms with E-state index in [9.17, 15) is 0 Å². The van der Waals surface area contributed by atoms with Crippen LogP contribution in [0.5, 0.6) is 5.75 Å². The van der Waals surface area contributed by atoms with Gasteiger partial charge in [-0.1, -0.05) is 34.1 Å². The van der Waals surface area contributed by atoms with Gasteiger partial charge in [0.25, 0.3) is 0 Å². The van der Waals surface area contributed by atoms with Crippen molar-refractivity contribution in [3.05, 3.63) is 58.6 Å². The molecule has 2 rings (SSSR count). The molecule has 3 N–H and O–H groups in total. The van der Waals surface area contributed by atoms with Crippen LogP contribution in [0.25, 0.3) is 0 Å². The third kappa shape index (κ3) is 4.76. The monoisotopic (exact) mass is 348 g/mol. The minimum atomic E-state index is 0.0509. The SMILES string of the molecule is CC(C)Oc1cccc(C(CN)Nc2cccc(Br)c2)c1. The van der Waals surface area contributed by atoms with Gasteiger partial charge in [-0.05, 0) is 49.7 Å². The highest BCUT2D eigenvalue weighted by atomic mass is 79.9. The second kappa shape index (κ2) is 7.48. The van der Waals surface area contributed by atoms with E-state index in [0.29, 0.717) is 6.54 Å². The molecule has 0 aliphatic heterocycles. The number of halogens is 1. The molecule has 0 saturated carbocycles. The molecule has 2 aromatic rings. The van der Waals surface area contributed by atoms with Crippen LogP contribution in [0.2, 0.25) is 0 Å². The molecule has 0 radical (unpaired) electrons. The largest absolute Gasteiger partial charge is 0.491 e. The fourth-order valence-corrected chi connectivity index (χ4v) is 2.53. The summed E-state index contributed by atoms with van der Waals surface area (Å²) in [6, 6.07) is 16.2. The van der Waals surface area contributed by atoms with Crippen LogP contribution in [0.3, 0.4) is 0 Å². The highest BCUT2D eigenvalue weighted by Crippen LogP contribution is 2.24. The van der Waals surface area contributed by atoms with Crippen LogP contribution >= 0.6 is 15.9 Å². The average Bonchev–Trinajstić information content (AvgIpc) is 2.44. The summed E-state index contributed by atoms with van der Waals surface area (Å²) >= 11 is 3.48. The van der Waals surface area contributed by atoms with Crippen molar-refractivity contribution in [2.24, 2.45) is 5.73 Å². The quantitative estimate of drug-likeness (QED) is 0.815. The average molecular weight is 349 g/mol. The van der Waals surface area contributed by atoms with Crippen molar-refractivity contribution in [2.45, 2.75) is 26.0 Å². The van der Waals surface area contributed by atoms with Crippen LogP contribution in [-0.2, 0) is 0 Å². The van der Waals surface area contributed by atoms with Gasteiger partial charge in [-0.25, -0.2) is 0 Å². The van der Waals surface area contributed by atoms with Crippen LogP contribution in [0.4, 0.5) is 5.69 Å². The van der Waals surface area contributed by atoms with Crippen LogP contribution in [0.1, 0.15) is 25.5 Å². The van der Waals surface area contributed by atoms with E-state index in [1.807, 2.05) is 56.3 Å². The van der Waals surface area contributed by atoms with Gasteiger partial charge in [0, 0.05) is 16.7 Å². The number of hydrogen-bond donors (Lipinski definition) is 2. The summed E-state index contributed by atoms with van der Waals surface area (Å²) < 4.78 is 6.78. The van der Waals surface area contributed by atoms with E-state index in [2.05, 4.69) is 27.3 Å². The molecule has 3 nitrogen and oxygen atoms in total. The highest BCUT2D eigenvalue weighted by Gasteiger charge is 2.11. The lowest BCUT2D eigenvalue weighted by molar-refractivity contribution is 0.242. The van der Waals surface area contributed by atoms with E-state index in [1.165, 1.54) is 0 Å². The number of benzene rings is 2. The van der Waals surface area contributed by atoms with Crippen molar-refractivity contribution >= 4 is 21.6 Å². The number of rotatable bonds is 6. The Labute approximate surface area is 134 Å². The lowest BCUT2D eigenvalue weighted by Crippen LogP contribution is -2.20. The standard InChI is InChI=1S/C17H21BrN2O/c1-12(2)21-16-8-3-5-13(9-16)17(11-19)20-15-7-4-6-14(18)10-15/h3-10,12,17,20H,11,19H2,1-2H3. The van der Waals surface area contributed by atoms with Gasteiger partial charge in [0.05, 0.1) is 12.1 Å². The minimum absolute atomic E-state index is 0.0509. The number of hydrogen-bond acceptors (Lipinski definition) is 3. The van der Waals surface area contributed by atoms with Gasteiger partial charge in [0.15, 0.2) is 0 Å². The van der Waals surface area contributed by atoms with Gasteiger partial charge in [0.1, 0.15) is 5.75 Å². The molecule has 2 aromatic carbocycles. The summed E-state index contributed by atoms with van der Waals surface area (Å²) in [5.41, 5.74) is 8.08. The van der Waals surface area contributed by atoms with E-state index in [4.69, 9.17) is 10.5 Å². The van der Waals surface area contributed by atoms with Crippen LogP contribution in [0.15, 0.2) is 53.0 Å². The molecule has 0 heterocycles. The molecule has 0 aliphatic rings. The molecule has 0 spiro atoms. The number of anilines is 1. The Morgan fingerprint density at radius 2 is 1.90 bits per heavy atom. The van der Waals surface area contributed by atoms with E-state index in [0.717, 1.165) is 21.5 Å². The van der Waals surface area contributed by atoms with Gasteiger partial charge in [0.2, 0.25) is 0 Å². The summed E-state index contributed by atoms with van der Waals surface area (Å²) in [5.74, 6) is 0.872. The molecule has 1 unspecified atom stereocenters. The molecule has 0 fully saturated rings. The van der Waals surface area contributed by atoms with Crippen molar-refractivity contribution in [2.75, 3.05) is 11.9 Å². The fraction of sp³-hybridized carbons (Fsp3) is 0.294. The van der Waals surface area contributed by atoms with Crippen molar-refractivity contribution in [1.29, 1.82) is 0 Å². The Bertz CT molecular complexity index is 587. The molecule has 0 amide bonds. The second-order valence-electron chi connectivity index (χ2n) is 5.18. The maximum atomic E-state index is 5.93. The molecular weight excluding hydrogens is 328 g/mol. The molecule has 1 atom stereocenters. The predicted molar refractivity (Wildman–Crippen MR) is 91.8 cm³/mol. The molecule has 21 heavy (non-hydrogen) atoms. The van der Waals surface area contributed by atoms with Gasteiger partial charge < -0.3 is 15.8 Å². The zero-order valence-electron chi connectivity index (χ0n) is 12.3. The molecule has 4 heteroatoms. The summed E-state index contributed by atoms with van der Waals surface area (Å²) in [7, 11) is 0. The van der Waals surface area contributed by atoms with Gasteiger partial charge >= 0.3 is 0 Å². The molecule has 0 saturated heterocycles. The second-order valence-corrected chi connectivity index (χ2v) is 6.10. The zero-order chi connectivity index (χ0) is 15.2. The summed E-state index contributed by atoms with van der Waals surface area (Å²) in [4.78, 5) is 0. The highest BCUT2D eigenvalue weighted by molar-refractivity contribution is 9.10. The first-order valence-electron chi connectivity index (χ1n) is 7.07. The van der Waals surface area contributed by atoms with E-state index in [-0.39, 0.29) is 12.1 Å². The van der Waals surface area contributed by atoms with Gasteiger partial charge in [-0.3, -0.25) is 0 Å². The first kappa shape index (κ1) is 15.9. The lowest BCUT2D eigenvalue weighted by Gasteiger charge is -2.20. The Balaban J connectivity index is 2.17.